The predicted molar refractivity (Wildman–Crippen MR) is 66.0 cm³/mol. The summed E-state index contributed by atoms with van der Waals surface area (Å²) < 4.78 is 0. The molecule has 90 valence electrons. The van der Waals surface area contributed by atoms with Gasteiger partial charge in [-0.15, -0.1) is 0 Å². The molecule has 1 N–H and O–H groups in total. The molecule has 3 saturated carbocycles. The van der Waals surface area contributed by atoms with E-state index in [4.69, 9.17) is 0 Å². The Balaban J connectivity index is 2.01. The number of fused-ring (bicyclic) bond motifs is 3. The van der Waals surface area contributed by atoms with Crippen molar-refractivity contribution in [3.05, 3.63) is 12.2 Å². The van der Waals surface area contributed by atoms with E-state index in [-0.39, 0.29) is 0 Å². The van der Waals surface area contributed by atoms with Gasteiger partial charge in [0, 0.05) is 0 Å². The first-order valence-electron chi connectivity index (χ1n) is 6.79. The molecular formula is C15H24O. The molecule has 0 aliphatic heterocycles. The highest BCUT2D eigenvalue weighted by Crippen LogP contribution is 2.71. The molecule has 0 aromatic heterocycles. The highest BCUT2D eigenvalue weighted by atomic mass is 16.3. The van der Waals surface area contributed by atoms with E-state index in [0.717, 1.165) is 30.3 Å². The average Bonchev–Trinajstić information content (AvgIpc) is 2.64. The van der Waals surface area contributed by atoms with Crippen molar-refractivity contribution in [2.45, 2.75) is 52.1 Å². The molecule has 1 heteroatoms. The lowest BCUT2D eigenvalue weighted by Gasteiger charge is -2.34. The first kappa shape index (κ1) is 10.8. The Labute approximate surface area is 98.9 Å². The van der Waals surface area contributed by atoms with Crippen molar-refractivity contribution in [1.29, 1.82) is 0 Å². The second kappa shape index (κ2) is 2.93. The van der Waals surface area contributed by atoms with Gasteiger partial charge in [-0.3, -0.25) is 0 Å². The summed E-state index contributed by atoms with van der Waals surface area (Å²) in [6.45, 7) is 11.3. The predicted octanol–water partition coefficient (Wildman–Crippen LogP) is 3.39. The van der Waals surface area contributed by atoms with Crippen LogP contribution in [0.3, 0.4) is 0 Å². The minimum atomic E-state index is -0.521. The summed E-state index contributed by atoms with van der Waals surface area (Å²) in [6, 6.07) is 0. The van der Waals surface area contributed by atoms with Gasteiger partial charge in [0.1, 0.15) is 0 Å². The second-order valence-corrected chi connectivity index (χ2v) is 7.06. The standard InChI is InChI=1S/C15H24O/c1-9-7-8-15(16)10(2)5-6-11-13(12(9)15)14(11,3)4/h9,11-13,16H,2,5-8H2,1,3-4H3/t9-,11-,12+,13-,15+/m1/s1. The van der Waals surface area contributed by atoms with E-state index in [2.05, 4.69) is 27.4 Å². The quantitative estimate of drug-likeness (QED) is 0.620. The van der Waals surface area contributed by atoms with E-state index in [9.17, 15) is 5.11 Å². The summed E-state index contributed by atoms with van der Waals surface area (Å²) in [6.07, 6.45) is 4.43. The van der Waals surface area contributed by atoms with Crippen LogP contribution in [0.5, 0.6) is 0 Å². The first-order valence-corrected chi connectivity index (χ1v) is 6.79. The van der Waals surface area contributed by atoms with Gasteiger partial charge in [-0.25, -0.2) is 0 Å². The van der Waals surface area contributed by atoms with Crippen molar-refractivity contribution in [2.24, 2.45) is 29.1 Å². The highest BCUT2D eigenvalue weighted by Gasteiger charge is 2.68. The van der Waals surface area contributed by atoms with Crippen LogP contribution in [0.1, 0.15) is 46.5 Å². The van der Waals surface area contributed by atoms with Crippen molar-refractivity contribution in [2.75, 3.05) is 0 Å². The average molecular weight is 220 g/mol. The van der Waals surface area contributed by atoms with Gasteiger partial charge >= 0.3 is 0 Å². The van der Waals surface area contributed by atoms with E-state index < -0.39 is 5.60 Å². The van der Waals surface area contributed by atoms with Crippen LogP contribution in [0, 0.1) is 29.1 Å². The maximum Gasteiger partial charge on any atom is 0.0887 e. The molecule has 0 heterocycles. The Kier molecular flexibility index (Phi) is 1.98. The fourth-order valence-corrected chi connectivity index (χ4v) is 4.93. The van der Waals surface area contributed by atoms with Crippen LogP contribution in [0.15, 0.2) is 12.2 Å². The fourth-order valence-electron chi connectivity index (χ4n) is 4.93. The summed E-state index contributed by atoms with van der Waals surface area (Å²) in [5, 5.41) is 11.0. The van der Waals surface area contributed by atoms with Crippen LogP contribution in [0.2, 0.25) is 0 Å². The van der Waals surface area contributed by atoms with Crippen molar-refractivity contribution in [3.63, 3.8) is 0 Å². The number of hydrogen-bond donors (Lipinski definition) is 1. The molecule has 3 fully saturated rings. The molecule has 0 radical (unpaired) electrons. The summed E-state index contributed by atoms with van der Waals surface area (Å²) in [7, 11) is 0. The summed E-state index contributed by atoms with van der Waals surface area (Å²) in [4.78, 5) is 0. The van der Waals surface area contributed by atoms with Crippen LogP contribution in [0.4, 0.5) is 0 Å². The molecule has 16 heavy (non-hydrogen) atoms. The number of rotatable bonds is 0. The molecule has 0 aromatic carbocycles. The molecule has 1 nitrogen and oxygen atoms in total. The first-order chi connectivity index (χ1) is 7.39. The zero-order valence-electron chi connectivity index (χ0n) is 10.8. The van der Waals surface area contributed by atoms with Crippen LogP contribution < -0.4 is 0 Å². The Morgan fingerprint density at radius 2 is 1.94 bits per heavy atom. The third-order valence-corrected chi connectivity index (χ3v) is 6.04. The zero-order valence-corrected chi connectivity index (χ0v) is 10.8. The van der Waals surface area contributed by atoms with Gasteiger partial charge < -0.3 is 5.11 Å². The van der Waals surface area contributed by atoms with Crippen molar-refractivity contribution >= 4 is 0 Å². The van der Waals surface area contributed by atoms with E-state index in [1.54, 1.807) is 0 Å². The van der Waals surface area contributed by atoms with E-state index in [0.29, 0.717) is 17.3 Å². The minimum absolute atomic E-state index is 0.470. The lowest BCUT2D eigenvalue weighted by molar-refractivity contribution is 0.0137. The molecule has 0 bridgehead atoms. The smallest absolute Gasteiger partial charge is 0.0887 e. The van der Waals surface area contributed by atoms with Crippen molar-refractivity contribution in [1.82, 2.24) is 0 Å². The van der Waals surface area contributed by atoms with Gasteiger partial charge in [0.2, 0.25) is 0 Å². The lowest BCUT2D eigenvalue weighted by atomic mass is 9.76. The lowest BCUT2D eigenvalue weighted by Crippen LogP contribution is -2.38. The minimum Gasteiger partial charge on any atom is -0.385 e. The topological polar surface area (TPSA) is 20.2 Å². The van der Waals surface area contributed by atoms with Gasteiger partial charge in [-0.2, -0.15) is 0 Å². The molecule has 0 unspecified atom stereocenters. The van der Waals surface area contributed by atoms with Crippen LogP contribution in [0.25, 0.3) is 0 Å². The molecule has 5 atom stereocenters. The highest BCUT2D eigenvalue weighted by molar-refractivity contribution is 5.27. The maximum atomic E-state index is 11.0. The van der Waals surface area contributed by atoms with Gasteiger partial charge in [-0.05, 0) is 60.3 Å². The van der Waals surface area contributed by atoms with Gasteiger partial charge in [0.25, 0.3) is 0 Å². The SMILES string of the molecule is C=C1CC[C@@H]2[C@H]([C@@H]3[C@H](C)CC[C@]13O)C2(C)C. The van der Waals surface area contributed by atoms with Crippen molar-refractivity contribution in [3.8, 4) is 0 Å². The Morgan fingerprint density at radius 1 is 1.25 bits per heavy atom. The Bertz CT molecular complexity index is 343. The molecule has 0 saturated heterocycles. The van der Waals surface area contributed by atoms with Crippen LogP contribution in [-0.2, 0) is 0 Å². The third kappa shape index (κ3) is 1.11. The zero-order chi connectivity index (χ0) is 11.7. The molecule has 3 aliphatic carbocycles. The van der Waals surface area contributed by atoms with Crippen LogP contribution in [-0.4, -0.2) is 10.7 Å². The molecule has 0 spiro atoms. The Morgan fingerprint density at radius 3 is 2.62 bits per heavy atom. The fraction of sp³-hybridized carbons (Fsp3) is 0.867. The third-order valence-electron chi connectivity index (χ3n) is 6.04. The normalized spacial score (nSPS) is 54.1. The Hall–Kier alpha value is -0.300. The number of hydrogen-bond acceptors (Lipinski definition) is 1. The molecule has 0 amide bonds. The summed E-state index contributed by atoms with van der Waals surface area (Å²) >= 11 is 0. The van der Waals surface area contributed by atoms with Gasteiger partial charge in [0.05, 0.1) is 5.60 Å². The largest absolute Gasteiger partial charge is 0.385 e. The maximum absolute atomic E-state index is 11.0. The van der Waals surface area contributed by atoms with Gasteiger partial charge in [0.15, 0.2) is 0 Å². The monoisotopic (exact) mass is 220 g/mol. The molecule has 3 aliphatic rings. The summed E-state index contributed by atoms with van der Waals surface area (Å²) in [5.74, 6) is 2.75. The van der Waals surface area contributed by atoms with E-state index >= 15 is 0 Å². The van der Waals surface area contributed by atoms with Crippen LogP contribution >= 0.6 is 0 Å². The summed E-state index contributed by atoms with van der Waals surface area (Å²) in [5.41, 5.74) is 1.08. The number of aliphatic hydroxyl groups is 1. The van der Waals surface area contributed by atoms with E-state index in [1.165, 1.54) is 12.8 Å². The molecular weight excluding hydrogens is 196 g/mol. The van der Waals surface area contributed by atoms with Gasteiger partial charge in [-0.1, -0.05) is 27.4 Å². The van der Waals surface area contributed by atoms with E-state index in [1.807, 2.05) is 0 Å². The second-order valence-electron chi connectivity index (χ2n) is 7.06. The molecule has 0 aromatic rings. The van der Waals surface area contributed by atoms with Crippen molar-refractivity contribution < 1.29 is 5.11 Å². The molecule has 3 rings (SSSR count).